The highest BCUT2D eigenvalue weighted by Crippen LogP contribution is 2.37. The van der Waals surface area contributed by atoms with Crippen LogP contribution in [0.25, 0.3) is 0 Å². The second-order valence-corrected chi connectivity index (χ2v) is 7.32. The molecule has 2 unspecified atom stereocenters. The van der Waals surface area contributed by atoms with E-state index in [1.54, 1.807) is 0 Å². The van der Waals surface area contributed by atoms with Crippen LogP contribution < -0.4 is 4.90 Å². The minimum atomic E-state index is -2.76. The number of nitrogens with zero attached hydrogens (tertiary/aromatic N) is 1. The molecule has 3 aliphatic rings. The van der Waals surface area contributed by atoms with Crippen molar-refractivity contribution in [1.29, 1.82) is 0 Å². The Morgan fingerprint density at radius 3 is 2.50 bits per heavy atom. The third-order valence-electron chi connectivity index (χ3n) is 3.67. The van der Waals surface area contributed by atoms with Crippen LogP contribution in [0.2, 0.25) is 0 Å². The van der Waals surface area contributed by atoms with Gasteiger partial charge in [-0.1, -0.05) is 12.1 Å². The number of benzene rings is 1. The van der Waals surface area contributed by atoms with E-state index in [2.05, 4.69) is 30.0 Å². The van der Waals surface area contributed by atoms with E-state index in [0.29, 0.717) is 13.1 Å². The van der Waals surface area contributed by atoms with Crippen molar-refractivity contribution < 1.29 is 8.42 Å². The summed E-state index contributed by atoms with van der Waals surface area (Å²) in [6.45, 7) is 3.40. The Labute approximate surface area is 96.0 Å². The van der Waals surface area contributed by atoms with Crippen molar-refractivity contribution in [1.82, 2.24) is 0 Å². The van der Waals surface area contributed by atoms with Gasteiger partial charge in [-0.2, -0.15) is 0 Å². The van der Waals surface area contributed by atoms with Crippen molar-refractivity contribution in [2.24, 2.45) is 0 Å². The lowest BCUT2D eigenvalue weighted by Gasteiger charge is -2.47. The smallest absolute Gasteiger partial charge is 0.159 e. The number of sulfone groups is 1. The van der Waals surface area contributed by atoms with Gasteiger partial charge in [0.25, 0.3) is 0 Å². The third-order valence-corrected chi connectivity index (χ3v) is 6.21. The molecule has 0 N–H and O–H groups in total. The van der Waals surface area contributed by atoms with Crippen molar-refractivity contribution in [3.63, 3.8) is 0 Å². The molecule has 4 rings (SSSR count). The van der Waals surface area contributed by atoms with Gasteiger partial charge in [0.2, 0.25) is 0 Å². The number of anilines is 1. The van der Waals surface area contributed by atoms with Gasteiger partial charge in [-0.3, -0.25) is 0 Å². The van der Waals surface area contributed by atoms with Gasteiger partial charge in [0.15, 0.2) is 9.84 Å². The second kappa shape index (κ2) is 3.23. The van der Waals surface area contributed by atoms with Gasteiger partial charge in [0.05, 0.1) is 10.5 Å². The molecule has 1 aromatic carbocycles. The summed E-state index contributed by atoms with van der Waals surface area (Å²) in [5.41, 5.74) is 2.38. The molecule has 86 valence electrons. The molecular formula is C12H15NO2S. The lowest BCUT2D eigenvalue weighted by molar-refractivity contribution is 0.460. The average molecular weight is 237 g/mol. The van der Waals surface area contributed by atoms with Crippen LogP contribution in [-0.2, 0) is 9.84 Å². The van der Waals surface area contributed by atoms with Crippen molar-refractivity contribution in [2.45, 2.75) is 23.8 Å². The number of hydrogen-bond donors (Lipinski definition) is 0. The fraction of sp³-hybridized carbons (Fsp3) is 0.500. The fourth-order valence-corrected chi connectivity index (χ4v) is 4.63. The Bertz CT molecular complexity index is 506. The van der Waals surface area contributed by atoms with E-state index in [4.69, 9.17) is 0 Å². The lowest BCUT2D eigenvalue weighted by Crippen LogP contribution is -2.62. The minimum Gasteiger partial charge on any atom is -0.369 e. The monoisotopic (exact) mass is 237 g/mol. The Morgan fingerprint density at radius 2 is 1.94 bits per heavy atom. The summed E-state index contributed by atoms with van der Waals surface area (Å²) in [5.74, 6) is 0. The first-order valence-electron chi connectivity index (χ1n) is 5.62. The first-order chi connectivity index (χ1) is 7.57. The zero-order valence-corrected chi connectivity index (χ0v) is 10.1. The van der Waals surface area contributed by atoms with E-state index in [1.807, 2.05) is 6.07 Å². The number of piperidine rings is 1. The predicted molar refractivity (Wildman–Crippen MR) is 64.5 cm³/mol. The third kappa shape index (κ3) is 1.36. The van der Waals surface area contributed by atoms with E-state index in [1.165, 1.54) is 5.56 Å². The van der Waals surface area contributed by atoms with Gasteiger partial charge >= 0.3 is 0 Å². The van der Waals surface area contributed by atoms with Crippen molar-refractivity contribution in [2.75, 3.05) is 18.0 Å². The number of rotatable bonds is 1. The lowest BCUT2D eigenvalue weighted by atomic mass is 10.1. The Balaban J connectivity index is 1.86. The van der Waals surface area contributed by atoms with Crippen molar-refractivity contribution >= 4 is 15.5 Å². The summed E-state index contributed by atoms with van der Waals surface area (Å²) in [7, 11) is -2.76. The zero-order chi connectivity index (χ0) is 11.3. The molecule has 1 aromatic rings. The van der Waals surface area contributed by atoms with E-state index in [0.717, 1.165) is 12.1 Å². The highest BCUT2D eigenvalue weighted by atomic mass is 32.2. The van der Waals surface area contributed by atoms with Crippen LogP contribution in [-0.4, -0.2) is 32.0 Å². The maximum Gasteiger partial charge on any atom is 0.159 e. The van der Waals surface area contributed by atoms with E-state index < -0.39 is 9.84 Å². The zero-order valence-electron chi connectivity index (χ0n) is 9.26. The molecule has 3 fully saturated rings. The number of hydrogen-bond acceptors (Lipinski definition) is 3. The molecule has 3 nitrogen and oxygen atoms in total. The minimum absolute atomic E-state index is 0.119. The molecule has 2 atom stereocenters. The van der Waals surface area contributed by atoms with Gasteiger partial charge in [-0.25, -0.2) is 8.42 Å². The van der Waals surface area contributed by atoms with Gasteiger partial charge in [0.1, 0.15) is 0 Å². The molecule has 16 heavy (non-hydrogen) atoms. The Kier molecular flexibility index (Phi) is 2.05. The first kappa shape index (κ1) is 10.1. The van der Waals surface area contributed by atoms with Crippen molar-refractivity contribution in [3.05, 3.63) is 29.8 Å². The van der Waals surface area contributed by atoms with Crippen LogP contribution in [0.5, 0.6) is 0 Å². The van der Waals surface area contributed by atoms with Crippen LogP contribution >= 0.6 is 0 Å². The molecule has 0 radical (unpaired) electrons. The summed E-state index contributed by atoms with van der Waals surface area (Å²) < 4.78 is 23.3. The first-order valence-corrected chi connectivity index (χ1v) is 7.22. The molecule has 2 bridgehead atoms. The van der Waals surface area contributed by atoms with E-state index in [9.17, 15) is 8.42 Å². The van der Waals surface area contributed by atoms with Crippen LogP contribution in [0.4, 0.5) is 5.69 Å². The molecule has 0 aromatic heterocycles. The summed E-state index contributed by atoms with van der Waals surface area (Å²) >= 11 is 0. The summed E-state index contributed by atoms with van der Waals surface area (Å²) in [6.07, 6.45) is 0.866. The maximum absolute atomic E-state index is 11.6. The van der Waals surface area contributed by atoms with Crippen molar-refractivity contribution in [3.8, 4) is 0 Å². The molecule has 0 saturated carbocycles. The van der Waals surface area contributed by atoms with Crippen LogP contribution in [0.15, 0.2) is 24.3 Å². The maximum atomic E-state index is 11.6. The average Bonchev–Trinajstić information content (AvgIpc) is 2.29. The quantitative estimate of drug-likeness (QED) is 0.740. The van der Waals surface area contributed by atoms with Gasteiger partial charge < -0.3 is 4.90 Å². The molecule has 3 heterocycles. The predicted octanol–water partition coefficient (Wildman–Crippen LogP) is 1.37. The summed E-state index contributed by atoms with van der Waals surface area (Å²) in [4.78, 5) is 2.20. The fourth-order valence-electron chi connectivity index (χ4n) is 2.67. The van der Waals surface area contributed by atoms with Gasteiger partial charge in [-0.05, 0) is 31.0 Å². The highest BCUT2D eigenvalue weighted by molar-refractivity contribution is 7.94. The van der Waals surface area contributed by atoms with Crippen LogP contribution in [0.1, 0.15) is 12.0 Å². The normalized spacial score (nSPS) is 30.9. The highest BCUT2D eigenvalue weighted by Gasteiger charge is 2.51. The second-order valence-electron chi connectivity index (χ2n) is 4.81. The summed E-state index contributed by atoms with van der Waals surface area (Å²) in [5, 5.41) is -0.237. The molecule has 0 spiro atoms. The van der Waals surface area contributed by atoms with Crippen LogP contribution in [0.3, 0.4) is 0 Å². The molecule has 3 saturated heterocycles. The number of aryl methyl sites for hydroxylation is 1. The van der Waals surface area contributed by atoms with Gasteiger partial charge in [0, 0.05) is 18.8 Å². The number of fused-ring (bicyclic) bond motifs is 2. The van der Waals surface area contributed by atoms with Crippen LogP contribution in [0, 0.1) is 6.92 Å². The molecule has 3 aliphatic heterocycles. The molecule has 0 amide bonds. The largest absolute Gasteiger partial charge is 0.369 e. The standard InChI is InChI=1S/C12H15NO2S/c1-9-3-2-4-10(5-9)13-7-11-6-12(8-13)16(11,14)15/h2-5,11-12H,6-8H2,1H3. The van der Waals surface area contributed by atoms with Gasteiger partial charge in [-0.15, -0.1) is 0 Å². The molecule has 0 aliphatic carbocycles. The van der Waals surface area contributed by atoms with E-state index >= 15 is 0 Å². The SMILES string of the molecule is Cc1cccc(N2CC3CC(C2)S3(=O)=O)c1. The Hall–Kier alpha value is -1.03. The molecular weight excluding hydrogens is 222 g/mol. The Morgan fingerprint density at radius 1 is 1.25 bits per heavy atom. The summed E-state index contributed by atoms with van der Waals surface area (Å²) in [6, 6.07) is 8.27. The topological polar surface area (TPSA) is 37.4 Å². The van der Waals surface area contributed by atoms with E-state index in [-0.39, 0.29) is 10.5 Å². The molecule has 4 heteroatoms.